The third-order valence-electron chi connectivity index (χ3n) is 3.91. The van der Waals surface area contributed by atoms with Crippen LogP contribution in [-0.2, 0) is 4.74 Å². The highest BCUT2D eigenvalue weighted by atomic mass is 16.5. The molecule has 0 aromatic heterocycles. The van der Waals surface area contributed by atoms with E-state index in [0.29, 0.717) is 12.6 Å². The molecule has 0 saturated carbocycles. The smallest absolute Gasteiger partial charge is 0.0678 e. The van der Waals surface area contributed by atoms with Gasteiger partial charge in [0.25, 0.3) is 0 Å². The molecule has 1 heterocycles. The standard InChI is InChI=1S/C16H26N2O/c1-11-5-6-12(2)15(7-11)16(8-17)18-9-13(3)19-14(4)10-18/h5-7,13-14,16H,8-10,17H2,1-4H3. The van der Waals surface area contributed by atoms with Gasteiger partial charge in [-0.1, -0.05) is 23.8 Å². The predicted molar refractivity (Wildman–Crippen MR) is 79.3 cm³/mol. The molecular weight excluding hydrogens is 236 g/mol. The lowest BCUT2D eigenvalue weighted by molar-refractivity contribution is -0.0800. The average Bonchev–Trinajstić information content (AvgIpc) is 2.33. The molecule has 1 saturated heterocycles. The molecule has 1 aromatic rings. The third kappa shape index (κ3) is 3.35. The molecular formula is C16H26N2O. The Kier molecular flexibility index (Phi) is 4.61. The molecule has 0 radical (unpaired) electrons. The lowest BCUT2D eigenvalue weighted by Crippen LogP contribution is -2.48. The molecule has 1 aromatic carbocycles. The molecule has 3 nitrogen and oxygen atoms in total. The summed E-state index contributed by atoms with van der Waals surface area (Å²) in [4.78, 5) is 2.47. The maximum absolute atomic E-state index is 6.06. The van der Waals surface area contributed by atoms with E-state index in [0.717, 1.165) is 13.1 Å². The zero-order chi connectivity index (χ0) is 14.0. The third-order valence-corrected chi connectivity index (χ3v) is 3.91. The molecule has 2 rings (SSSR count). The highest BCUT2D eigenvalue weighted by Gasteiger charge is 2.28. The van der Waals surface area contributed by atoms with Crippen molar-refractivity contribution < 1.29 is 4.74 Å². The number of nitrogens with zero attached hydrogens (tertiary/aromatic N) is 1. The van der Waals surface area contributed by atoms with Crippen molar-refractivity contribution in [3.05, 3.63) is 34.9 Å². The van der Waals surface area contributed by atoms with E-state index in [9.17, 15) is 0 Å². The van der Waals surface area contributed by atoms with Crippen LogP contribution in [0.2, 0.25) is 0 Å². The molecule has 0 amide bonds. The molecule has 19 heavy (non-hydrogen) atoms. The van der Waals surface area contributed by atoms with Gasteiger partial charge in [-0.05, 0) is 38.8 Å². The Morgan fingerprint density at radius 3 is 2.47 bits per heavy atom. The van der Waals surface area contributed by atoms with Gasteiger partial charge in [0.05, 0.1) is 12.2 Å². The molecule has 0 spiro atoms. The van der Waals surface area contributed by atoms with Crippen molar-refractivity contribution in [1.82, 2.24) is 4.90 Å². The van der Waals surface area contributed by atoms with Crippen LogP contribution < -0.4 is 5.73 Å². The van der Waals surface area contributed by atoms with Crippen molar-refractivity contribution in [2.24, 2.45) is 5.73 Å². The Labute approximate surface area is 116 Å². The average molecular weight is 262 g/mol. The second-order valence-electron chi connectivity index (χ2n) is 5.82. The van der Waals surface area contributed by atoms with Gasteiger partial charge in [0, 0.05) is 25.7 Å². The van der Waals surface area contributed by atoms with Crippen LogP contribution in [0.3, 0.4) is 0 Å². The Morgan fingerprint density at radius 1 is 1.26 bits per heavy atom. The van der Waals surface area contributed by atoms with Gasteiger partial charge in [0.1, 0.15) is 0 Å². The summed E-state index contributed by atoms with van der Waals surface area (Å²) < 4.78 is 5.82. The largest absolute Gasteiger partial charge is 0.373 e. The number of nitrogens with two attached hydrogens (primary N) is 1. The molecule has 1 aliphatic rings. The van der Waals surface area contributed by atoms with E-state index in [1.54, 1.807) is 0 Å². The minimum Gasteiger partial charge on any atom is -0.373 e. The lowest BCUT2D eigenvalue weighted by atomic mass is 9.96. The van der Waals surface area contributed by atoms with Crippen molar-refractivity contribution in [2.75, 3.05) is 19.6 Å². The lowest BCUT2D eigenvalue weighted by Gasteiger charge is -2.40. The van der Waals surface area contributed by atoms with Crippen molar-refractivity contribution in [3.8, 4) is 0 Å². The Balaban J connectivity index is 2.26. The van der Waals surface area contributed by atoms with Crippen molar-refractivity contribution >= 4 is 0 Å². The number of benzene rings is 1. The van der Waals surface area contributed by atoms with E-state index >= 15 is 0 Å². The fraction of sp³-hybridized carbons (Fsp3) is 0.625. The van der Waals surface area contributed by atoms with Gasteiger partial charge in [0.2, 0.25) is 0 Å². The second-order valence-corrected chi connectivity index (χ2v) is 5.82. The van der Waals surface area contributed by atoms with E-state index in [4.69, 9.17) is 10.5 Å². The van der Waals surface area contributed by atoms with Crippen molar-refractivity contribution in [3.63, 3.8) is 0 Å². The van der Waals surface area contributed by atoms with Crippen LogP contribution in [0.25, 0.3) is 0 Å². The summed E-state index contributed by atoms with van der Waals surface area (Å²) in [5.41, 5.74) is 10.1. The predicted octanol–water partition coefficient (Wildman–Crippen LogP) is 2.41. The maximum Gasteiger partial charge on any atom is 0.0678 e. The van der Waals surface area contributed by atoms with Crippen LogP contribution in [0, 0.1) is 13.8 Å². The summed E-state index contributed by atoms with van der Waals surface area (Å²) in [6, 6.07) is 6.93. The number of hydrogen-bond donors (Lipinski definition) is 1. The fourth-order valence-electron chi connectivity index (χ4n) is 3.06. The molecule has 3 unspecified atom stereocenters. The number of aryl methyl sites for hydroxylation is 2. The molecule has 0 bridgehead atoms. The topological polar surface area (TPSA) is 38.5 Å². The molecule has 1 aliphatic heterocycles. The molecule has 3 heteroatoms. The first-order valence-corrected chi connectivity index (χ1v) is 7.18. The molecule has 3 atom stereocenters. The number of hydrogen-bond acceptors (Lipinski definition) is 3. The van der Waals surface area contributed by atoms with Gasteiger partial charge in [-0.3, -0.25) is 4.90 Å². The highest BCUT2D eigenvalue weighted by molar-refractivity contribution is 5.33. The first-order chi connectivity index (χ1) is 9.01. The van der Waals surface area contributed by atoms with Gasteiger partial charge in [0.15, 0.2) is 0 Å². The Bertz CT molecular complexity index is 423. The number of ether oxygens (including phenoxy) is 1. The first kappa shape index (κ1) is 14.5. The monoisotopic (exact) mass is 262 g/mol. The normalized spacial score (nSPS) is 26.4. The highest BCUT2D eigenvalue weighted by Crippen LogP contribution is 2.27. The van der Waals surface area contributed by atoms with E-state index in [1.807, 2.05) is 0 Å². The quantitative estimate of drug-likeness (QED) is 0.909. The zero-order valence-corrected chi connectivity index (χ0v) is 12.5. The SMILES string of the molecule is Cc1ccc(C)c(C(CN)N2CC(C)OC(C)C2)c1. The van der Waals surface area contributed by atoms with Crippen LogP contribution in [0.4, 0.5) is 0 Å². The second kappa shape index (κ2) is 6.04. The van der Waals surface area contributed by atoms with E-state index in [2.05, 4.69) is 50.8 Å². The summed E-state index contributed by atoms with van der Waals surface area (Å²) in [5, 5.41) is 0. The minimum absolute atomic E-state index is 0.280. The van der Waals surface area contributed by atoms with Crippen molar-refractivity contribution in [1.29, 1.82) is 0 Å². The minimum atomic E-state index is 0.280. The molecule has 106 valence electrons. The van der Waals surface area contributed by atoms with E-state index in [-0.39, 0.29) is 12.2 Å². The zero-order valence-electron chi connectivity index (χ0n) is 12.5. The fourth-order valence-corrected chi connectivity index (χ4v) is 3.06. The van der Waals surface area contributed by atoms with Crippen LogP contribution in [-0.4, -0.2) is 36.7 Å². The van der Waals surface area contributed by atoms with Gasteiger partial charge < -0.3 is 10.5 Å². The molecule has 1 fully saturated rings. The summed E-state index contributed by atoms with van der Waals surface area (Å²) in [6.07, 6.45) is 0.561. The number of rotatable bonds is 3. The van der Waals surface area contributed by atoms with Crippen LogP contribution in [0.5, 0.6) is 0 Å². The summed E-state index contributed by atoms with van der Waals surface area (Å²) >= 11 is 0. The summed E-state index contributed by atoms with van der Waals surface area (Å²) in [7, 11) is 0. The van der Waals surface area contributed by atoms with E-state index in [1.165, 1.54) is 16.7 Å². The Hall–Kier alpha value is -0.900. The van der Waals surface area contributed by atoms with Gasteiger partial charge in [-0.15, -0.1) is 0 Å². The maximum atomic E-state index is 6.06. The molecule has 2 N–H and O–H groups in total. The van der Waals surface area contributed by atoms with Gasteiger partial charge in [-0.25, -0.2) is 0 Å². The van der Waals surface area contributed by atoms with E-state index < -0.39 is 0 Å². The molecule has 0 aliphatic carbocycles. The Morgan fingerprint density at radius 2 is 1.89 bits per heavy atom. The van der Waals surface area contributed by atoms with Gasteiger partial charge in [-0.2, -0.15) is 0 Å². The summed E-state index contributed by atoms with van der Waals surface area (Å²) in [6.45, 7) is 11.2. The van der Waals surface area contributed by atoms with Crippen molar-refractivity contribution in [2.45, 2.75) is 45.9 Å². The summed E-state index contributed by atoms with van der Waals surface area (Å²) in [5.74, 6) is 0. The van der Waals surface area contributed by atoms with Crippen LogP contribution in [0.1, 0.15) is 36.6 Å². The van der Waals surface area contributed by atoms with Crippen LogP contribution >= 0.6 is 0 Å². The first-order valence-electron chi connectivity index (χ1n) is 7.18. The van der Waals surface area contributed by atoms with Gasteiger partial charge >= 0.3 is 0 Å². The number of morpholine rings is 1. The van der Waals surface area contributed by atoms with Crippen LogP contribution in [0.15, 0.2) is 18.2 Å².